The van der Waals surface area contributed by atoms with Crippen LogP contribution in [0.15, 0.2) is 10.6 Å². The van der Waals surface area contributed by atoms with E-state index in [4.69, 9.17) is 4.52 Å². The smallest absolute Gasteiger partial charge is 0.273 e. The summed E-state index contributed by atoms with van der Waals surface area (Å²) in [7, 11) is 2.12. The number of amides is 1. The van der Waals surface area contributed by atoms with Gasteiger partial charge in [0.1, 0.15) is 0 Å². The summed E-state index contributed by atoms with van der Waals surface area (Å²) in [6, 6.07) is 1.78. The van der Waals surface area contributed by atoms with E-state index < -0.39 is 0 Å². The lowest BCUT2D eigenvalue weighted by molar-refractivity contribution is 0.0925. The molecule has 2 fully saturated rings. The van der Waals surface area contributed by atoms with E-state index in [0.29, 0.717) is 12.2 Å². The molecule has 2 aliphatic heterocycles. The lowest BCUT2D eigenvalue weighted by atomic mass is 9.90. The number of hydrogen-bond donors (Lipinski definition) is 1. The van der Waals surface area contributed by atoms with Crippen molar-refractivity contribution in [1.82, 2.24) is 25.2 Å². The number of aromatic nitrogens is 1. The fourth-order valence-corrected chi connectivity index (χ4v) is 3.78. The number of nitrogens with zero attached hydrogens (tertiary/aromatic N) is 4. The van der Waals surface area contributed by atoms with Crippen LogP contribution in [0, 0.1) is 5.41 Å². The van der Waals surface area contributed by atoms with Crippen LogP contribution in [0.2, 0.25) is 0 Å². The molecule has 1 aromatic rings. The van der Waals surface area contributed by atoms with Gasteiger partial charge < -0.3 is 19.6 Å². The van der Waals surface area contributed by atoms with Gasteiger partial charge in [0.05, 0.1) is 6.54 Å². The lowest BCUT2D eigenvalue weighted by Crippen LogP contribution is -2.45. The Hall–Kier alpha value is -1.44. The fourth-order valence-electron chi connectivity index (χ4n) is 3.78. The molecule has 0 radical (unpaired) electrons. The van der Waals surface area contributed by atoms with Crippen LogP contribution < -0.4 is 5.32 Å². The Labute approximate surface area is 150 Å². The molecule has 0 aliphatic carbocycles. The summed E-state index contributed by atoms with van der Waals surface area (Å²) in [4.78, 5) is 19.4. The fraction of sp³-hybridized carbons (Fsp3) is 0.778. The van der Waals surface area contributed by atoms with Crippen LogP contribution in [0.4, 0.5) is 0 Å². The number of carbonyl (C=O) groups excluding carboxylic acids is 1. The average molecular weight is 349 g/mol. The number of hydrogen-bond acceptors (Lipinski definition) is 6. The molecule has 7 nitrogen and oxygen atoms in total. The zero-order valence-electron chi connectivity index (χ0n) is 15.8. The highest BCUT2D eigenvalue weighted by atomic mass is 16.5. The molecule has 0 aromatic carbocycles. The molecule has 1 amide bonds. The van der Waals surface area contributed by atoms with Gasteiger partial charge >= 0.3 is 0 Å². The van der Waals surface area contributed by atoms with Gasteiger partial charge in [0.25, 0.3) is 5.91 Å². The normalized spacial score (nSPS) is 26.2. The minimum atomic E-state index is -0.137. The second kappa shape index (κ2) is 7.85. The van der Waals surface area contributed by atoms with E-state index in [1.54, 1.807) is 6.07 Å². The van der Waals surface area contributed by atoms with Gasteiger partial charge in [0.2, 0.25) is 0 Å². The molecule has 25 heavy (non-hydrogen) atoms. The highest BCUT2D eigenvalue weighted by molar-refractivity contribution is 5.92. The van der Waals surface area contributed by atoms with Gasteiger partial charge in [-0.3, -0.25) is 9.69 Å². The van der Waals surface area contributed by atoms with Crippen LogP contribution in [-0.4, -0.2) is 85.2 Å². The number of nitrogens with one attached hydrogen (secondary N) is 1. The van der Waals surface area contributed by atoms with Crippen molar-refractivity contribution in [2.24, 2.45) is 5.41 Å². The molecule has 1 aromatic heterocycles. The van der Waals surface area contributed by atoms with Crippen molar-refractivity contribution in [2.75, 3.05) is 59.4 Å². The summed E-state index contributed by atoms with van der Waals surface area (Å²) in [6.07, 6.45) is 1.11. The van der Waals surface area contributed by atoms with Crippen LogP contribution >= 0.6 is 0 Å². The predicted molar refractivity (Wildman–Crippen MR) is 96.4 cm³/mol. The maximum Gasteiger partial charge on any atom is 0.273 e. The quantitative estimate of drug-likeness (QED) is 0.823. The van der Waals surface area contributed by atoms with Gasteiger partial charge in [-0.2, -0.15) is 0 Å². The minimum Gasteiger partial charge on any atom is -0.359 e. The van der Waals surface area contributed by atoms with Crippen molar-refractivity contribution in [3.63, 3.8) is 0 Å². The molecule has 3 heterocycles. The van der Waals surface area contributed by atoms with E-state index in [0.717, 1.165) is 64.5 Å². The monoisotopic (exact) mass is 349 g/mol. The molecule has 2 aliphatic rings. The first-order valence-corrected chi connectivity index (χ1v) is 9.34. The predicted octanol–water partition coefficient (Wildman–Crippen LogP) is 0.884. The van der Waals surface area contributed by atoms with Gasteiger partial charge in [-0.25, -0.2) is 0 Å². The Bertz CT molecular complexity index is 582. The first-order chi connectivity index (χ1) is 12.0. The third-order valence-electron chi connectivity index (χ3n) is 5.51. The molecule has 1 N–H and O–H groups in total. The van der Waals surface area contributed by atoms with Gasteiger partial charge in [0, 0.05) is 45.3 Å². The van der Waals surface area contributed by atoms with Gasteiger partial charge in [0.15, 0.2) is 11.5 Å². The molecule has 3 rings (SSSR count). The van der Waals surface area contributed by atoms with E-state index in [1.807, 2.05) is 0 Å². The highest BCUT2D eigenvalue weighted by Crippen LogP contribution is 2.27. The molecule has 7 heteroatoms. The molecule has 1 unspecified atom stereocenters. The molecule has 0 saturated carbocycles. The van der Waals surface area contributed by atoms with E-state index in [9.17, 15) is 4.79 Å². The zero-order valence-corrected chi connectivity index (χ0v) is 15.8. The van der Waals surface area contributed by atoms with E-state index in [2.05, 4.69) is 46.1 Å². The van der Waals surface area contributed by atoms with Crippen LogP contribution in [-0.2, 0) is 6.54 Å². The van der Waals surface area contributed by atoms with E-state index >= 15 is 0 Å². The Morgan fingerprint density at radius 1 is 1.28 bits per heavy atom. The van der Waals surface area contributed by atoms with Crippen molar-refractivity contribution in [2.45, 2.75) is 26.8 Å². The Kier molecular flexibility index (Phi) is 5.76. The van der Waals surface area contributed by atoms with Gasteiger partial charge in [-0.1, -0.05) is 19.0 Å². The first-order valence-electron chi connectivity index (χ1n) is 9.34. The van der Waals surface area contributed by atoms with Crippen LogP contribution in [0.25, 0.3) is 0 Å². The second-order valence-electron chi connectivity index (χ2n) is 7.87. The topological polar surface area (TPSA) is 64.8 Å². The van der Waals surface area contributed by atoms with Crippen LogP contribution in [0.3, 0.4) is 0 Å². The van der Waals surface area contributed by atoms with Crippen LogP contribution in [0.5, 0.6) is 0 Å². The van der Waals surface area contributed by atoms with Crippen molar-refractivity contribution >= 4 is 5.91 Å². The molecular weight excluding hydrogens is 318 g/mol. The van der Waals surface area contributed by atoms with Crippen molar-refractivity contribution in [3.8, 4) is 0 Å². The standard InChI is InChI=1S/C18H31N5O2/c1-4-22-7-9-23(10-8-22)12-15-11-16(20-25-15)17(24)19-13-18(2)5-6-21(3)14-18/h11H,4-10,12-14H2,1-3H3,(H,19,24). The highest BCUT2D eigenvalue weighted by Gasteiger charge is 2.32. The summed E-state index contributed by atoms with van der Waals surface area (Å²) in [6.45, 7) is 13.3. The summed E-state index contributed by atoms with van der Waals surface area (Å²) in [5.74, 6) is 0.628. The summed E-state index contributed by atoms with van der Waals surface area (Å²) in [5.41, 5.74) is 0.535. The second-order valence-corrected chi connectivity index (χ2v) is 7.87. The maximum absolute atomic E-state index is 12.3. The molecule has 140 valence electrons. The van der Waals surface area contributed by atoms with Crippen molar-refractivity contribution < 1.29 is 9.32 Å². The van der Waals surface area contributed by atoms with Gasteiger partial charge in [-0.15, -0.1) is 0 Å². The number of piperazine rings is 1. The Morgan fingerprint density at radius 2 is 2.00 bits per heavy atom. The number of likely N-dealkylation sites (tertiary alicyclic amines) is 1. The zero-order chi connectivity index (χ0) is 17.9. The molecule has 2 saturated heterocycles. The van der Waals surface area contributed by atoms with Gasteiger partial charge in [-0.05, 0) is 32.0 Å². The lowest BCUT2D eigenvalue weighted by Gasteiger charge is -2.33. The van der Waals surface area contributed by atoms with E-state index in [1.165, 1.54) is 0 Å². The summed E-state index contributed by atoms with van der Waals surface area (Å²) < 4.78 is 5.38. The Morgan fingerprint density at radius 3 is 2.64 bits per heavy atom. The van der Waals surface area contributed by atoms with Crippen molar-refractivity contribution in [3.05, 3.63) is 17.5 Å². The number of carbonyl (C=O) groups is 1. The summed E-state index contributed by atoms with van der Waals surface area (Å²) >= 11 is 0. The third kappa shape index (κ3) is 4.80. The third-order valence-corrected chi connectivity index (χ3v) is 5.51. The number of rotatable bonds is 6. The van der Waals surface area contributed by atoms with E-state index in [-0.39, 0.29) is 11.3 Å². The molecular formula is C18H31N5O2. The first kappa shape index (κ1) is 18.4. The Balaban J connectivity index is 1.47. The minimum absolute atomic E-state index is 0.137. The SMILES string of the molecule is CCN1CCN(Cc2cc(C(=O)NCC3(C)CCN(C)C3)no2)CC1. The number of likely N-dealkylation sites (N-methyl/N-ethyl adjacent to an activating group) is 1. The van der Waals surface area contributed by atoms with Crippen molar-refractivity contribution in [1.29, 1.82) is 0 Å². The molecule has 0 bridgehead atoms. The summed E-state index contributed by atoms with van der Waals surface area (Å²) in [5, 5.41) is 6.99. The molecule has 1 atom stereocenters. The molecule has 0 spiro atoms. The maximum atomic E-state index is 12.3. The average Bonchev–Trinajstić information content (AvgIpc) is 3.20. The largest absolute Gasteiger partial charge is 0.359 e. The van der Waals surface area contributed by atoms with Crippen LogP contribution in [0.1, 0.15) is 36.5 Å².